The Morgan fingerprint density at radius 1 is 1.42 bits per heavy atom. The molecule has 1 aromatic carbocycles. The number of primary amides is 1. The van der Waals surface area contributed by atoms with Crippen LogP contribution in [0.15, 0.2) is 34.3 Å². The smallest absolute Gasteiger partial charge is 0.253 e. The molecule has 26 heavy (non-hydrogen) atoms. The first kappa shape index (κ1) is 18.3. The second-order valence-corrected chi connectivity index (χ2v) is 6.95. The summed E-state index contributed by atoms with van der Waals surface area (Å²) in [7, 11) is 0. The van der Waals surface area contributed by atoms with Gasteiger partial charge in [-0.2, -0.15) is 0 Å². The monoisotopic (exact) mass is 374 g/mol. The van der Waals surface area contributed by atoms with Crippen LogP contribution in [0, 0.1) is 12.7 Å². The van der Waals surface area contributed by atoms with E-state index in [1.54, 1.807) is 38.3 Å². The average molecular weight is 374 g/mol. The van der Waals surface area contributed by atoms with Gasteiger partial charge in [0.2, 0.25) is 0 Å². The van der Waals surface area contributed by atoms with Gasteiger partial charge in [0.25, 0.3) is 5.91 Å². The molecule has 0 bridgehead atoms. The number of carbonyl (C=O) groups excluding carboxylic acids is 1. The van der Waals surface area contributed by atoms with E-state index >= 15 is 0 Å². The van der Waals surface area contributed by atoms with Crippen molar-refractivity contribution >= 4 is 29.7 Å². The van der Waals surface area contributed by atoms with Crippen molar-refractivity contribution in [2.24, 2.45) is 10.7 Å². The standard InChI is InChI=1S/C18H19FN4O2S/c1-10-14-15(13(16(20)24)17(22-10)26-3)21-9-23(18(14,2)25)8-11-6-4-5-7-12(11)19/h4-7,9,25H,8H2,1-3H3,(H2,20,24). The zero-order valence-corrected chi connectivity index (χ0v) is 15.5. The van der Waals surface area contributed by atoms with Crippen LogP contribution in [-0.2, 0) is 12.3 Å². The third kappa shape index (κ3) is 2.95. The van der Waals surface area contributed by atoms with Crippen molar-refractivity contribution in [3.63, 3.8) is 0 Å². The molecule has 1 amide bonds. The average Bonchev–Trinajstić information content (AvgIpc) is 2.57. The fraction of sp³-hybridized carbons (Fsp3) is 0.278. The van der Waals surface area contributed by atoms with Crippen LogP contribution in [0.3, 0.4) is 0 Å². The normalized spacial score (nSPS) is 18.7. The van der Waals surface area contributed by atoms with Gasteiger partial charge in [0.05, 0.1) is 23.2 Å². The zero-order chi connectivity index (χ0) is 19.1. The maximum atomic E-state index is 14.0. The lowest BCUT2D eigenvalue weighted by Gasteiger charge is -2.40. The van der Waals surface area contributed by atoms with Crippen LogP contribution in [0.2, 0.25) is 0 Å². The molecule has 6 nitrogen and oxygen atoms in total. The minimum Gasteiger partial charge on any atom is -0.367 e. The molecule has 8 heteroatoms. The molecule has 1 aliphatic rings. The number of pyridine rings is 1. The van der Waals surface area contributed by atoms with Gasteiger partial charge in [0, 0.05) is 17.8 Å². The van der Waals surface area contributed by atoms with Crippen LogP contribution in [-0.4, -0.2) is 33.5 Å². The molecule has 3 N–H and O–H groups in total. The first-order valence-electron chi connectivity index (χ1n) is 7.93. The topological polar surface area (TPSA) is 91.8 Å². The summed E-state index contributed by atoms with van der Waals surface area (Å²) in [5.41, 5.74) is 5.83. The molecular weight excluding hydrogens is 355 g/mol. The van der Waals surface area contributed by atoms with Crippen LogP contribution in [0.25, 0.3) is 0 Å². The summed E-state index contributed by atoms with van der Waals surface area (Å²) < 4.78 is 14.0. The third-order valence-electron chi connectivity index (χ3n) is 4.42. The van der Waals surface area contributed by atoms with Crippen molar-refractivity contribution in [3.05, 3.63) is 52.5 Å². The van der Waals surface area contributed by atoms with E-state index in [1.165, 1.54) is 29.1 Å². The highest BCUT2D eigenvalue weighted by molar-refractivity contribution is 7.98. The number of nitrogens with zero attached hydrogens (tertiary/aromatic N) is 3. The highest BCUT2D eigenvalue weighted by Crippen LogP contribution is 2.42. The molecule has 2 aromatic rings. The number of amides is 1. The lowest BCUT2D eigenvalue weighted by molar-refractivity contribution is -0.0635. The Morgan fingerprint density at radius 2 is 2.12 bits per heavy atom. The van der Waals surface area contributed by atoms with Gasteiger partial charge in [-0.05, 0) is 26.2 Å². The summed E-state index contributed by atoms with van der Waals surface area (Å²) in [6.45, 7) is 3.41. The largest absolute Gasteiger partial charge is 0.367 e. The molecule has 136 valence electrons. The van der Waals surface area contributed by atoms with E-state index < -0.39 is 11.6 Å². The minimum absolute atomic E-state index is 0.109. The molecule has 1 aliphatic heterocycles. The minimum atomic E-state index is -1.53. The number of nitrogens with two attached hydrogens (primary N) is 1. The Labute approximate surface area is 154 Å². The number of hydrogen-bond acceptors (Lipinski definition) is 6. The van der Waals surface area contributed by atoms with Gasteiger partial charge < -0.3 is 15.7 Å². The highest BCUT2D eigenvalue weighted by Gasteiger charge is 2.39. The summed E-state index contributed by atoms with van der Waals surface area (Å²) in [5.74, 6) is -1.03. The van der Waals surface area contributed by atoms with Gasteiger partial charge in [-0.1, -0.05) is 18.2 Å². The number of carbonyl (C=O) groups is 1. The molecule has 0 fully saturated rings. The molecule has 0 spiro atoms. The summed E-state index contributed by atoms with van der Waals surface area (Å²) >= 11 is 1.29. The van der Waals surface area contributed by atoms with E-state index in [0.29, 0.717) is 27.5 Å². The first-order valence-corrected chi connectivity index (χ1v) is 9.15. The van der Waals surface area contributed by atoms with Gasteiger partial charge in [-0.3, -0.25) is 4.79 Å². The summed E-state index contributed by atoms with van der Waals surface area (Å²) in [6.07, 6.45) is 3.19. The molecular formula is C18H19FN4O2S. The number of halogens is 1. The van der Waals surface area contributed by atoms with E-state index in [-0.39, 0.29) is 17.9 Å². The Morgan fingerprint density at radius 3 is 2.73 bits per heavy atom. The molecule has 0 radical (unpaired) electrons. The van der Waals surface area contributed by atoms with Crippen LogP contribution in [0.4, 0.5) is 10.1 Å². The number of thioether (sulfide) groups is 1. The second kappa shape index (κ2) is 6.69. The summed E-state index contributed by atoms with van der Waals surface area (Å²) in [6, 6.07) is 6.34. The number of rotatable bonds is 4. The van der Waals surface area contributed by atoms with Gasteiger partial charge in [0.15, 0.2) is 5.72 Å². The predicted molar refractivity (Wildman–Crippen MR) is 98.9 cm³/mol. The summed E-state index contributed by atoms with van der Waals surface area (Å²) in [4.78, 5) is 22.2. The Balaban J connectivity index is 2.13. The number of fused-ring (bicyclic) bond motifs is 1. The second-order valence-electron chi connectivity index (χ2n) is 6.15. The Hall–Kier alpha value is -2.45. The maximum Gasteiger partial charge on any atom is 0.253 e. The van der Waals surface area contributed by atoms with Crippen LogP contribution in [0.5, 0.6) is 0 Å². The molecule has 1 atom stereocenters. The van der Waals surface area contributed by atoms with Gasteiger partial charge in [-0.25, -0.2) is 14.4 Å². The Kier molecular flexibility index (Phi) is 4.72. The van der Waals surface area contributed by atoms with Crippen LogP contribution < -0.4 is 5.73 Å². The number of aromatic nitrogens is 1. The van der Waals surface area contributed by atoms with Gasteiger partial charge in [-0.15, -0.1) is 11.8 Å². The summed E-state index contributed by atoms with van der Waals surface area (Å²) in [5, 5.41) is 11.7. The lowest BCUT2D eigenvalue weighted by Crippen LogP contribution is -2.45. The van der Waals surface area contributed by atoms with Gasteiger partial charge >= 0.3 is 0 Å². The maximum absolute atomic E-state index is 14.0. The van der Waals surface area contributed by atoms with E-state index in [1.807, 2.05) is 0 Å². The van der Waals surface area contributed by atoms with Crippen molar-refractivity contribution in [2.45, 2.75) is 31.1 Å². The molecule has 1 unspecified atom stereocenters. The number of aliphatic hydroxyl groups is 1. The lowest BCUT2D eigenvalue weighted by atomic mass is 9.95. The van der Waals surface area contributed by atoms with Crippen molar-refractivity contribution in [2.75, 3.05) is 6.26 Å². The zero-order valence-electron chi connectivity index (χ0n) is 14.7. The molecule has 3 rings (SSSR count). The highest BCUT2D eigenvalue weighted by atomic mass is 32.2. The number of benzene rings is 1. The fourth-order valence-corrected chi connectivity index (χ4v) is 3.75. The van der Waals surface area contributed by atoms with Crippen LogP contribution in [0.1, 0.15) is 34.1 Å². The molecule has 0 saturated heterocycles. The predicted octanol–water partition coefficient (Wildman–Crippen LogP) is 2.69. The molecule has 0 aliphatic carbocycles. The molecule has 1 aromatic heterocycles. The van der Waals surface area contributed by atoms with Crippen LogP contribution >= 0.6 is 11.8 Å². The number of aryl methyl sites for hydroxylation is 1. The van der Waals surface area contributed by atoms with Gasteiger partial charge in [0.1, 0.15) is 10.8 Å². The Bertz CT molecular complexity index is 914. The quantitative estimate of drug-likeness (QED) is 0.803. The molecule has 0 saturated carbocycles. The van der Waals surface area contributed by atoms with Crippen molar-refractivity contribution in [1.82, 2.24) is 9.88 Å². The molecule has 2 heterocycles. The van der Waals surface area contributed by atoms with Crippen molar-refractivity contribution in [3.8, 4) is 0 Å². The van der Waals surface area contributed by atoms with Crippen molar-refractivity contribution in [1.29, 1.82) is 0 Å². The third-order valence-corrected chi connectivity index (χ3v) is 5.10. The first-order chi connectivity index (χ1) is 12.3. The van der Waals surface area contributed by atoms with E-state index in [2.05, 4.69) is 9.98 Å². The number of hydrogen-bond donors (Lipinski definition) is 2. The SMILES string of the molecule is CSc1nc(C)c2c(c1C(N)=O)N=CN(Cc1ccccc1F)C2(C)O. The fourth-order valence-electron chi connectivity index (χ4n) is 3.12. The number of aliphatic imine (C=N–C) groups is 1. The van der Waals surface area contributed by atoms with E-state index in [4.69, 9.17) is 5.73 Å². The van der Waals surface area contributed by atoms with E-state index in [0.717, 1.165) is 0 Å². The van der Waals surface area contributed by atoms with E-state index in [9.17, 15) is 14.3 Å². The van der Waals surface area contributed by atoms with Crippen molar-refractivity contribution < 1.29 is 14.3 Å².